The minimum Gasteiger partial charge on any atom is -0.458 e. The van der Waals surface area contributed by atoms with Gasteiger partial charge in [-0.3, -0.25) is 14.5 Å². The minimum absolute atomic E-state index is 0.100. The summed E-state index contributed by atoms with van der Waals surface area (Å²) in [6.45, 7) is 0.221. The van der Waals surface area contributed by atoms with Gasteiger partial charge in [0.25, 0.3) is 5.91 Å². The van der Waals surface area contributed by atoms with Crippen molar-refractivity contribution in [2.45, 2.75) is 25.1 Å². The molecule has 1 unspecified atom stereocenters. The molecule has 1 fully saturated rings. The monoisotopic (exact) mass is 412 g/mol. The van der Waals surface area contributed by atoms with Gasteiger partial charge in [0.2, 0.25) is 11.6 Å². The summed E-state index contributed by atoms with van der Waals surface area (Å²) in [7, 11) is 1.50. The summed E-state index contributed by atoms with van der Waals surface area (Å²) in [6.07, 6.45) is 0.231. The molecule has 2 aromatic carbocycles. The lowest BCUT2D eigenvalue weighted by Gasteiger charge is -2.48. The Balaban J connectivity index is 1.72. The summed E-state index contributed by atoms with van der Waals surface area (Å²) < 4.78 is 23.8. The summed E-state index contributed by atoms with van der Waals surface area (Å²) in [4.78, 5) is 42.2. The zero-order valence-electron chi connectivity index (χ0n) is 16.5. The van der Waals surface area contributed by atoms with Gasteiger partial charge in [-0.15, -0.1) is 0 Å². The second kappa shape index (κ2) is 7.87. The Kier molecular flexibility index (Phi) is 5.26. The molecule has 1 saturated heterocycles. The van der Waals surface area contributed by atoms with Crippen LogP contribution < -0.4 is 4.90 Å². The fourth-order valence-electron chi connectivity index (χ4n) is 4.08. The molecule has 7 nitrogen and oxygen atoms in total. The number of para-hydroxylation sites is 1. The van der Waals surface area contributed by atoms with E-state index in [9.17, 15) is 18.8 Å². The summed E-state index contributed by atoms with van der Waals surface area (Å²) in [5.74, 6) is -1.70. The van der Waals surface area contributed by atoms with Crippen LogP contribution in [0.2, 0.25) is 0 Å². The Morgan fingerprint density at radius 1 is 1.13 bits per heavy atom. The second-order valence-electron chi connectivity index (χ2n) is 7.22. The number of benzene rings is 2. The van der Waals surface area contributed by atoms with Crippen LogP contribution in [0.4, 0.5) is 10.1 Å². The number of hydrogen-bond acceptors (Lipinski definition) is 5. The lowest BCUT2D eigenvalue weighted by molar-refractivity contribution is -0.159. The highest BCUT2D eigenvalue weighted by Crippen LogP contribution is 2.45. The number of rotatable bonds is 6. The van der Waals surface area contributed by atoms with E-state index in [1.807, 2.05) is 0 Å². The van der Waals surface area contributed by atoms with Gasteiger partial charge in [0.05, 0.1) is 17.9 Å². The average Bonchev–Trinajstić information content (AvgIpc) is 3.11. The molecular weight excluding hydrogens is 391 g/mol. The SMILES string of the molecule is COCCN1C(=O)c2ccccc2N2C(=O)CCC12C(=O)OCc1ccc(F)cc1. The number of ether oxygens (including phenoxy) is 2. The molecule has 0 N–H and O–H groups in total. The second-order valence-corrected chi connectivity index (χ2v) is 7.22. The maximum absolute atomic E-state index is 13.4. The van der Waals surface area contributed by atoms with Crippen LogP contribution in [0, 0.1) is 5.82 Å². The van der Waals surface area contributed by atoms with Crippen molar-refractivity contribution in [3.05, 3.63) is 65.5 Å². The van der Waals surface area contributed by atoms with E-state index >= 15 is 0 Å². The normalized spacial score (nSPS) is 20.2. The van der Waals surface area contributed by atoms with Crippen molar-refractivity contribution in [2.75, 3.05) is 25.2 Å². The quantitative estimate of drug-likeness (QED) is 0.682. The summed E-state index contributed by atoms with van der Waals surface area (Å²) in [6, 6.07) is 12.3. The number of amides is 2. The molecule has 30 heavy (non-hydrogen) atoms. The Labute approximate surface area is 173 Å². The third kappa shape index (κ3) is 3.13. The molecule has 2 aliphatic rings. The van der Waals surface area contributed by atoms with Gasteiger partial charge in [0, 0.05) is 26.5 Å². The predicted molar refractivity (Wildman–Crippen MR) is 105 cm³/mol. The van der Waals surface area contributed by atoms with Crippen LogP contribution >= 0.6 is 0 Å². The lowest BCUT2D eigenvalue weighted by Crippen LogP contribution is -2.68. The van der Waals surface area contributed by atoms with Crippen LogP contribution in [0.1, 0.15) is 28.8 Å². The van der Waals surface area contributed by atoms with Gasteiger partial charge in [-0.2, -0.15) is 0 Å². The van der Waals surface area contributed by atoms with E-state index in [0.717, 1.165) is 0 Å². The van der Waals surface area contributed by atoms with Gasteiger partial charge in [-0.25, -0.2) is 9.18 Å². The number of esters is 1. The molecule has 2 aromatic rings. The minimum atomic E-state index is -1.57. The maximum atomic E-state index is 13.4. The third-order valence-electron chi connectivity index (χ3n) is 5.50. The van der Waals surface area contributed by atoms with Crippen LogP contribution in [-0.4, -0.2) is 48.6 Å². The first-order valence-corrected chi connectivity index (χ1v) is 9.63. The van der Waals surface area contributed by atoms with E-state index in [2.05, 4.69) is 0 Å². The Bertz CT molecular complexity index is 993. The molecule has 0 bridgehead atoms. The summed E-state index contributed by atoms with van der Waals surface area (Å²) in [5.41, 5.74) is -0.215. The van der Waals surface area contributed by atoms with Crippen molar-refractivity contribution in [2.24, 2.45) is 0 Å². The van der Waals surface area contributed by atoms with Gasteiger partial charge >= 0.3 is 5.97 Å². The molecule has 2 heterocycles. The Hall–Kier alpha value is -3.26. The van der Waals surface area contributed by atoms with Crippen LogP contribution in [0.25, 0.3) is 0 Å². The van der Waals surface area contributed by atoms with Crippen LogP contribution in [-0.2, 0) is 25.7 Å². The molecule has 0 aliphatic carbocycles. The van der Waals surface area contributed by atoms with E-state index < -0.39 is 17.4 Å². The lowest BCUT2D eigenvalue weighted by atomic mass is 9.96. The van der Waals surface area contributed by atoms with Gasteiger partial charge in [0.15, 0.2) is 0 Å². The molecule has 2 aliphatic heterocycles. The molecule has 0 spiro atoms. The smallest absolute Gasteiger partial charge is 0.354 e. The number of hydrogen-bond donors (Lipinski definition) is 0. The fourth-order valence-corrected chi connectivity index (χ4v) is 4.08. The first-order valence-electron chi connectivity index (χ1n) is 9.63. The number of methoxy groups -OCH3 is 1. The largest absolute Gasteiger partial charge is 0.458 e. The Morgan fingerprint density at radius 2 is 1.87 bits per heavy atom. The van der Waals surface area contributed by atoms with E-state index in [0.29, 0.717) is 16.8 Å². The first kappa shape index (κ1) is 20.0. The molecule has 0 aromatic heterocycles. The van der Waals surface area contributed by atoms with Gasteiger partial charge < -0.3 is 14.4 Å². The molecule has 0 radical (unpaired) electrons. The van der Waals surface area contributed by atoms with Crippen molar-refractivity contribution in [3.8, 4) is 0 Å². The fraction of sp³-hybridized carbons (Fsp3) is 0.318. The van der Waals surface area contributed by atoms with Crippen molar-refractivity contribution in [1.82, 2.24) is 4.90 Å². The zero-order chi connectivity index (χ0) is 21.3. The van der Waals surface area contributed by atoms with Crippen LogP contribution in [0.3, 0.4) is 0 Å². The standard InChI is InChI=1S/C22H21FN2O5/c1-29-13-12-24-20(27)17-4-2-3-5-18(17)25-19(26)10-11-22(24,25)21(28)30-14-15-6-8-16(23)9-7-15/h2-9H,10-14H2,1H3. The van der Waals surface area contributed by atoms with E-state index in [1.54, 1.807) is 24.3 Å². The predicted octanol–water partition coefficient (Wildman–Crippen LogP) is 2.49. The maximum Gasteiger partial charge on any atom is 0.354 e. The van der Waals surface area contributed by atoms with E-state index in [4.69, 9.17) is 9.47 Å². The first-order chi connectivity index (χ1) is 14.5. The van der Waals surface area contributed by atoms with Crippen molar-refractivity contribution >= 4 is 23.5 Å². The van der Waals surface area contributed by atoms with Gasteiger partial charge in [-0.1, -0.05) is 24.3 Å². The molecular formula is C22H21FN2O5. The summed E-state index contributed by atoms with van der Waals surface area (Å²) in [5, 5.41) is 0. The number of anilines is 1. The Morgan fingerprint density at radius 3 is 2.60 bits per heavy atom. The third-order valence-corrected chi connectivity index (χ3v) is 5.50. The molecule has 4 rings (SSSR count). The van der Waals surface area contributed by atoms with Crippen molar-refractivity contribution in [1.29, 1.82) is 0 Å². The average molecular weight is 412 g/mol. The highest BCUT2D eigenvalue weighted by Gasteiger charge is 2.61. The van der Waals surface area contributed by atoms with Crippen LogP contribution in [0.5, 0.6) is 0 Å². The van der Waals surface area contributed by atoms with E-state index in [-0.39, 0.29) is 44.4 Å². The number of fused-ring (bicyclic) bond motifs is 3. The van der Waals surface area contributed by atoms with E-state index in [1.165, 1.54) is 41.2 Å². The molecule has 8 heteroatoms. The molecule has 0 saturated carbocycles. The van der Waals surface area contributed by atoms with Crippen molar-refractivity contribution < 1.29 is 28.2 Å². The highest BCUT2D eigenvalue weighted by molar-refractivity contribution is 6.15. The molecule has 156 valence electrons. The van der Waals surface area contributed by atoms with Crippen molar-refractivity contribution in [3.63, 3.8) is 0 Å². The number of halogens is 1. The topological polar surface area (TPSA) is 76.2 Å². The number of carbonyl (C=O) groups is 3. The van der Waals surface area contributed by atoms with Crippen LogP contribution in [0.15, 0.2) is 48.5 Å². The molecule has 1 atom stereocenters. The van der Waals surface area contributed by atoms with Gasteiger partial charge in [0.1, 0.15) is 12.4 Å². The summed E-state index contributed by atoms with van der Waals surface area (Å²) >= 11 is 0. The highest BCUT2D eigenvalue weighted by atomic mass is 19.1. The van der Waals surface area contributed by atoms with Gasteiger partial charge in [-0.05, 0) is 29.8 Å². The molecule has 2 amide bonds. The zero-order valence-corrected chi connectivity index (χ0v) is 16.5. The number of nitrogens with zero attached hydrogens (tertiary/aromatic N) is 2. The number of carbonyl (C=O) groups excluding carboxylic acids is 3.